The highest BCUT2D eigenvalue weighted by atomic mass is 32.2. The molecule has 0 bridgehead atoms. The first-order valence-corrected chi connectivity index (χ1v) is 12.7. The zero-order valence-corrected chi connectivity index (χ0v) is 20.4. The molecule has 182 valence electrons. The predicted octanol–water partition coefficient (Wildman–Crippen LogP) is 3.83. The molecule has 2 amide bonds. The molecule has 1 aliphatic heterocycles. The second-order valence-electron chi connectivity index (χ2n) is 8.30. The van der Waals surface area contributed by atoms with E-state index in [1.807, 2.05) is 13.0 Å². The third-order valence-corrected chi connectivity index (χ3v) is 7.74. The lowest BCUT2D eigenvalue weighted by Gasteiger charge is -2.26. The van der Waals surface area contributed by atoms with Gasteiger partial charge in [-0.3, -0.25) is 9.59 Å². The molecule has 3 aromatic rings. The molecule has 3 aromatic carbocycles. The predicted molar refractivity (Wildman–Crippen MR) is 134 cm³/mol. The fourth-order valence-corrected chi connectivity index (χ4v) is 5.14. The summed E-state index contributed by atoms with van der Waals surface area (Å²) in [6.07, 6.45) is 0. The van der Waals surface area contributed by atoms with Gasteiger partial charge in [-0.1, -0.05) is 30.3 Å². The van der Waals surface area contributed by atoms with Crippen LogP contribution in [0.3, 0.4) is 0 Å². The number of morpholine rings is 1. The van der Waals surface area contributed by atoms with E-state index < -0.39 is 15.9 Å². The molecular formula is C26H27N3O5S. The maximum Gasteiger partial charge on any atom is 0.255 e. The van der Waals surface area contributed by atoms with Gasteiger partial charge in [-0.15, -0.1) is 0 Å². The Balaban J connectivity index is 1.54. The first-order valence-electron chi connectivity index (χ1n) is 11.2. The normalized spacial score (nSPS) is 14.3. The number of nitrogens with zero attached hydrogens (tertiary/aromatic N) is 1. The number of carbonyl (C=O) groups is 2. The maximum absolute atomic E-state index is 13.0. The van der Waals surface area contributed by atoms with Crippen molar-refractivity contribution in [1.82, 2.24) is 4.31 Å². The van der Waals surface area contributed by atoms with Crippen molar-refractivity contribution in [3.63, 3.8) is 0 Å². The largest absolute Gasteiger partial charge is 0.379 e. The number of nitrogens with one attached hydrogen (secondary N) is 2. The van der Waals surface area contributed by atoms with Gasteiger partial charge >= 0.3 is 0 Å². The van der Waals surface area contributed by atoms with Crippen molar-refractivity contribution in [2.24, 2.45) is 0 Å². The van der Waals surface area contributed by atoms with E-state index in [0.717, 1.165) is 11.1 Å². The molecule has 35 heavy (non-hydrogen) atoms. The monoisotopic (exact) mass is 493 g/mol. The van der Waals surface area contributed by atoms with E-state index in [4.69, 9.17) is 4.74 Å². The van der Waals surface area contributed by atoms with Crippen LogP contribution in [0.4, 0.5) is 11.4 Å². The van der Waals surface area contributed by atoms with Crippen LogP contribution in [-0.2, 0) is 14.8 Å². The molecule has 0 spiro atoms. The summed E-state index contributed by atoms with van der Waals surface area (Å²) in [7, 11) is -3.70. The number of ether oxygens (including phenoxy) is 1. The average molecular weight is 494 g/mol. The van der Waals surface area contributed by atoms with E-state index in [1.54, 1.807) is 61.5 Å². The van der Waals surface area contributed by atoms with Crippen LogP contribution in [-0.4, -0.2) is 50.8 Å². The summed E-state index contributed by atoms with van der Waals surface area (Å²) < 4.78 is 32.7. The summed E-state index contributed by atoms with van der Waals surface area (Å²) in [5.41, 5.74) is 3.30. The van der Waals surface area contributed by atoms with Crippen molar-refractivity contribution in [3.05, 3.63) is 89.0 Å². The van der Waals surface area contributed by atoms with E-state index in [9.17, 15) is 18.0 Å². The topological polar surface area (TPSA) is 105 Å². The fourth-order valence-electron chi connectivity index (χ4n) is 3.71. The summed E-state index contributed by atoms with van der Waals surface area (Å²) in [5.74, 6) is -0.688. The fraction of sp³-hybridized carbons (Fsp3) is 0.231. The van der Waals surface area contributed by atoms with Gasteiger partial charge in [0.15, 0.2) is 0 Å². The minimum Gasteiger partial charge on any atom is -0.379 e. The van der Waals surface area contributed by atoms with Crippen LogP contribution in [0.25, 0.3) is 0 Å². The van der Waals surface area contributed by atoms with Crippen molar-refractivity contribution in [1.29, 1.82) is 0 Å². The van der Waals surface area contributed by atoms with Gasteiger partial charge in [0.2, 0.25) is 10.0 Å². The number of anilines is 2. The smallest absolute Gasteiger partial charge is 0.255 e. The Labute approximate surface area is 205 Å². The number of rotatable bonds is 6. The van der Waals surface area contributed by atoms with Gasteiger partial charge < -0.3 is 15.4 Å². The van der Waals surface area contributed by atoms with E-state index in [-0.39, 0.29) is 10.8 Å². The Morgan fingerprint density at radius 2 is 1.34 bits per heavy atom. The van der Waals surface area contributed by atoms with Crippen LogP contribution in [0.15, 0.2) is 71.6 Å². The van der Waals surface area contributed by atoms with E-state index >= 15 is 0 Å². The van der Waals surface area contributed by atoms with E-state index in [0.29, 0.717) is 48.8 Å². The molecule has 0 aromatic heterocycles. The van der Waals surface area contributed by atoms with Crippen molar-refractivity contribution < 1.29 is 22.7 Å². The van der Waals surface area contributed by atoms with Crippen LogP contribution >= 0.6 is 0 Å². The summed E-state index contributed by atoms with van der Waals surface area (Å²) in [6, 6.07) is 18.5. The zero-order chi connectivity index (χ0) is 25.0. The lowest BCUT2D eigenvalue weighted by atomic mass is 10.1. The number of hydrogen-bond donors (Lipinski definition) is 2. The van der Waals surface area contributed by atoms with Gasteiger partial charge in [-0.2, -0.15) is 4.31 Å². The number of amides is 2. The molecule has 8 nitrogen and oxygen atoms in total. The lowest BCUT2D eigenvalue weighted by molar-refractivity contribution is 0.0730. The average Bonchev–Trinajstić information content (AvgIpc) is 2.87. The standard InChI is InChI=1S/C26H27N3O5S/c1-18-8-10-21(16-23(18)27-25(30)20-6-4-3-5-7-20)26(31)28-24-17-22(11-9-19(24)2)35(32,33)29-12-14-34-15-13-29/h3-11,16-17H,12-15H2,1-2H3,(H,27,30)(H,28,31). The molecule has 1 fully saturated rings. The van der Waals surface area contributed by atoms with Crippen LogP contribution in [0, 0.1) is 13.8 Å². The summed E-state index contributed by atoms with van der Waals surface area (Å²) in [4.78, 5) is 25.7. The van der Waals surface area contributed by atoms with E-state index in [2.05, 4.69) is 10.6 Å². The molecule has 4 rings (SSSR count). The molecule has 9 heteroatoms. The highest BCUT2D eigenvalue weighted by Crippen LogP contribution is 2.25. The van der Waals surface area contributed by atoms with Gasteiger partial charge in [0, 0.05) is 35.6 Å². The minimum absolute atomic E-state index is 0.111. The first kappa shape index (κ1) is 24.6. The third kappa shape index (κ3) is 5.59. The lowest BCUT2D eigenvalue weighted by Crippen LogP contribution is -2.40. The van der Waals surface area contributed by atoms with Gasteiger partial charge in [0.25, 0.3) is 11.8 Å². The molecule has 1 aliphatic rings. The zero-order valence-electron chi connectivity index (χ0n) is 19.6. The second-order valence-corrected chi connectivity index (χ2v) is 10.2. The van der Waals surface area contributed by atoms with Crippen LogP contribution in [0.5, 0.6) is 0 Å². The molecule has 1 saturated heterocycles. The van der Waals surface area contributed by atoms with Crippen molar-refractivity contribution in [2.45, 2.75) is 18.7 Å². The van der Waals surface area contributed by atoms with Gasteiger partial charge in [-0.05, 0) is 61.4 Å². The maximum atomic E-state index is 13.0. The molecule has 0 atom stereocenters. The second kappa shape index (κ2) is 10.4. The van der Waals surface area contributed by atoms with E-state index in [1.165, 1.54) is 10.4 Å². The quantitative estimate of drug-likeness (QED) is 0.543. The Hall–Kier alpha value is -3.53. The number of carbonyl (C=O) groups excluding carboxylic acids is 2. The van der Waals surface area contributed by atoms with Gasteiger partial charge in [0.1, 0.15) is 0 Å². The Morgan fingerprint density at radius 3 is 2.00 bits per heavy atom. The first-order chi connectivity index (χ1) is 16.8. The number of aryl methyl sites for hydroxylation is 2. The highest BCUT2D eigenvalue weighted by Gasteiger charge is 2.27. The Morgan fingerprint density at radius 1 is 0.771 bits per heavy atom. The summed E-state index contributed by atoms with van der Waals surface area (Å²) in [6.45, 7) is 4.92. The van der Waals surface area contributed by atoms with Crippen LogP contribution < -0.4 is 10.6 Å². The van der Waals surface area contributed by atoms with Crippen molar-refractivity contribution in [2.75, 3.05) is 36.9 Å². The van der Waals surface area contributed by atoms with Crippen LogP contribution in [0.2, 0.25) is 0 Å². The molecule has 0 radical (unpaired) electrons. The van der Waals surface area contributed by atoms with Crippen LogP contribution in [0.1, 0.15) is 31.8 Å². The number of sulfonamides is 1. The SMILES string of the molecule is Cc1ccc(C(=O)Nc2cc(S(=O)(=O)N3CCOCC3)ccc2C)cc1NC(=O)c1ccccc1. The number of benzene rings is 3. The number of hydrogen-bond acceptors (Lipinski definition) is 5. The summed E-state index contributed by atoms with van der Waals surface area (Å²) >= 11 is 0. The molecule has 1 heterocycles. The molecule has 0 unspecified atom stereocenters. The molecule has 2 N–H and O–H groups in total. The minimum atomic E-state index is -3.70. The van der Waals surface area contributed by atoms with Gasteiger partial charge in [-0.25, -0.2) is 8.42 Å². The Bertz CT molecular complexity index is 1350. The Kier molecular flexibility index (Phi) is 7.30. The molecule has 0 aliphatic carbocycles. The molecule has 0 saturated carbocycles. The summed E-state index contributed by atoms with van der Waals surface area (Å²) in [5, 5.41) is 5.66. The van der Waals surface area contributed by atoms with Crippen molar-refractivity contribution in [3.8, 4) is 0 Å². The van der Waals surface area contributed by atoms with Crippen molar-refractivity contribution >= 4 is 33.2 Å². The van der Waals surface area contributed by atoms with Gasteiger partial charge in [0.05, 0.1) is 18.1 Å². The highest BCUT2D eigenvalue weighted by molar-refractivity contribution is 7.89. The third-order valence-electron chi connectivity index (χ3n) is 5.85. The molecular weight excluding hydrogens is 466 g/mol.